The maximum atomic E-state index is 13.3. The standard InChI is InChI=1S/C22H40N6O7/c23-11-3-1-6-14(25)19(31)26-15(9-10-18(29)30)21(33)28-13-5-8-17(28)20(32)27-16(22(34)35)7-2-4-12-24/h14-17H,1-13,23-25H2,(H,26,31)(H,27,32)(H,29,30)(H,34,35). The topological polar surface area (TPSA) is 231 Å². The van der Waals surface area contributed by atoms with Crippen LogP contribution in [0.1, 0.15) is 64.2 Å². The second-order valence-electron chi connectivity index (χ2n) is 8.76. The van der Waals surface area contributed by atoms with Crippen LogP contribution in [0.4, 0.5) is 0 Å². The van der Waals surface area contributed by atoms with Crippen LogP contribution in [0.3, 0.4) is 0 Å². The van der Waals surface area contributed by atoms with Crippen LogP contribution in [0.2, 0.25) is 0 Å². The summed E-state index contributed by atoms with van der Waals surface area (Å²) in [5.74, 6) is -4.10. The summed E-state index contributed by atoms with van der Waals surface area (Å²) in [6.07, 6.45) is 3.32. The number of hydrogen-bond acceptors (Lipinski definition) is 8. The number of carboxylic acid groups (broad SMARTS) is 2. The van der Waals surface area contributed by atoms with Gasteiger partial charge in [-0.25, -0.2) is 4.79 Å². The highest BCUT2D eigenvalue weighted by Gasteiger charge is 2.39. The van der Waals surface area contributed by atoms with Gasteiger partial charge >= 0.3 is 11.9 Å². The molecule has 1 saturated heterocycles. The predicted octanol–water partition coefficient (Wildman–Crippen LogP) is -1.52. The molecule has 10 N–H and O–H groups in total. The van der Waals surface area contributed by atoms with Gasteiger partial charge in [-0.15, -0.1) is 0 Å². The van der Waals surface area contributed by atoms with Crippen LogP contribution in [-0.4, -0.2) is 88.6 Å². The van der Waals surface area contributed by atoms with Crippen molar-refractivity contribution in [1.82, 2.24) is 15.5 Å². The van der Waals surface area contributed by atoms with Gasteiger partial charge in [0.25, 0.3) is 0 Å². The molecule has 0 aromatic heterocycles. The van der Waals surface area contributed by atoms with E-state index < -0.39 is 53.8 Å². The highest BCUT2D eigenvalue weighted by molar-refractivity contribution is 5.94. The number of carboxylic acids is 2. The Labute approximate surface area is 205 Å². The van der Waals surface area contributed by atoms with Crippen LogP contribution >= 0.6 is 0 Å². The van der Waals surface area contributed by atoms with Crippen molar-refractivity contribution in [1.29, 1.82) is 0 Å². The van der Waals surface area contributed by atoms with E-state index in [1.54, 1.807) is 0 Å². The van der Waals surface area contributed by atoms with Crippen LogP contribution in [0, 0.1) is 0 Å². The van der Waals surface area contributed by atoms with Crippen LogP contribution in [-0.2, 0) is 24.0 Å². The van der Waals surface area contributed by atoms with Crippen LogP contribution < -0.4 is 27.8 Å². The third-order valence-corrected chi connectivity index (χ3v) is 5.97. The fourth-order valence-corrected chi connectivity index (χ4v) is 3.96. The second-order valence-corrected chi connectivity index (χ2v) is 8.76. The van der Waals surface area contributed by atoms with Crippen LogP contribution in [0.15, 0.2) is 0 Å². The van der Waals surface area contributed by atoms with Gasteiger partial charge in [0.2, 0.25) is 17.7 Å². The normalized spacial score (nSPS) is 17.9. The number of carbonyl (C=O) groups is 5. The van der Waals surface area contributed by atoms with Crippen molar-refractivity contribution < 1.29 is 34.2 Å². The quantitative estimate of drug-likeness (QED) is 0.114. The van der Waals surface area contributed by atoms with Gasteiger partial charge < -0.3 is 42.9 Å². The zero-order valence-electron chi connectivity index (χ0n) is 20.1. The monoisotopic (exact) mass is 500 g/mol. The van der Waals surface area contributed by atoms with Gasteiger partial charge in [0.1, 0.15) is 18.1 Å². The van der Waals surface area contributed by atoms with Crippen LogP contribution in [0.25, 0.3) is 0 Å². The molecule has 1 aliphatic heterocycles. The Morgan fingerprint density at radius 2 is 1.51 bits per heavy atom. The molecule has 0 radical (unpaired) electrons. The molecular weight excluding hydrogens is 460 g/mol. The van der Waals surface area contributed by atoms with E-state index in [0.717, 1.165) is 0 Å². The molecule has 13 nitrogen and oxygen atoms in total. The van der Waals surface area contributed by atoms with Gasteiger partial charge in [-0.05, 0) is 64.5 Å². The lowest BCUT2D eigenvalue weighted by molar-refractivity contribution is -0.145. The van der Waals surface area contributed by atoms with Gasteiger partial charge in [0.05, 0.1) is 6.04 Å². The number of unbranched alkanes of at least 4 members (excludes halogenated alkanes) is 2. The predicted molar refractivity (Wildman–Crippen MR) is 127 cm³/mol. The Morgan fingerprint density at radius 3 is 2.09 bits per heavy atom. The van der Waals surface area contributed by atoms with E-state index in [4.69, 9.17) is 22.3 Å². The lowest BCUT2D eigenvalue weighted by Crippen LogP contribution is -2.56. The maximum absolute atomic E-state index is 13.3. The van der Waals surface area contributed by atoms with E-state index in [2.05, 4.69) is 10.6 Å². The Hall–Kier alpha value is -2.77. The van der Waals surface area contributed by atoms with Gasteiger partial charge in [0, 0.05) is 13.0 Å². The molecule has 3 amide bonds. The lowest BCUT2D eigenvalue weighted by atomic mass is 10.1. The molecule has 0 bridgehead atoms. The number of likely N-dealkylation sites (tertiary alicyclic amines) is 1. The number of amides is 3. The summed E-state index contributed by atoms with van der Waals surface area (Å²) in [4.78, 5) is 62.6. The number of nitrogens with one attached hydrogen (secondary N) is 2. The summed E-state index contributed by atoms with van der Waals surface area (Å²) in [7, 11) is 0. The fraction of sp³-hybridized carbons (Fsp3) is 0.773. The molecule has 1 fully saturated rings. The second kappa shape index (κ2) is 16.0. The first kappa shape index (κ1) is 30.3. The minimum atomic E-state index is -1.18. The van der Waals surface area contributed by atoms with E-state index >= 15 is 0 Å². The van der Waals surface area contributed by atoms with Crippen molar-refractivity contribution in [2.45, 2.75) is 88.4 Å². The molecule has 1 aliphatic rings. The number of hydrogen-bond donors (Lipinski definition) is 7. The average molecular weight is 501 g/mol. The molecule has 4 unspecified atom stereocenters. The van der Waals surface area contributed by atoms with E-state index in [1.807, 2.05) is 0 Å². The van der Waals surface area contributed by atoms with Crippen molar-refractivity contribution in [3.8, 4) is 0 Å². The molecule has 13 heteroatoms. The molecule has 200 valence electrons. The zero-order chi connectivity index (χ0) is 26.4. The molecule has 0 saturated carbocycles. The molecule has 4 atom stereocenters. The van der Waals surface area contributed by atoms with E-state index in [9.17, 15) is 29.1 Å². The van der Waals surface area contributed by atoms with Crippen molar-refractivity contribution in [2.24, 2.45) is 17.2 Å². The average Bonchev–Trinajstić information content (AvgIpc) is 3.30. The first-order valence-electron chi connectivity index (χ1n) is 12.1. The summed E-state index contributed by atoms with van der Waals surface area (Å²) in [6, 6.07) is -4.08. The van der Waals surface area contributed by atoms with Gasteiger partial charge in [-0.1, -0.05) is 6.42 Å². The van der Waals surface area contributed by atoms with Crippen molar-refractivity contribution in [3.05, 3.63) is 0 Å². The number of nitrogens with zero attached hydrogens (tertiary/aromatic N) is 1. The van der Waals surface area contributed by atoms with E-state index in [-0.39, 0.29) is 25.8 Å². The number of aliphatic carboxylic acids is 2. The van der Waals surface area contributed by atoms with Crippen molar-refractivity contribution in [3.63, 3.8) is 0 Å². The molecule has 1 heterocycles. The Kier molecular flexibility index (Phi) is 13.8. The van der Waals surface area contributed by atoms with Crippen molar-refractivity contribution >= 4 is 29.7 Å². The fourth-order valence-electron chi connectivity index (χ4n) is 3.96. The maximum Gasteiger partial charge on any atom is 0.326 e. The molecule has 35 heavy (non-hydrogen) atoms. The van der Waals surface area contributed by atoms with Crippen LogP contribution in [0.5, 0.6) is 0 Å². The SMILES string of the molecule is NCCCCC(N)C(=O)NC(CCC(=O)O)C(=O)N1CCCC1C(=O)NC(CCCCN)C(=O)O. The number of rotatable bonds is 17. The summed E-state index contributed by atoms with van der Waals surface area (Å²) >= 11 is 0. The van der Waals surface area contributed by atoms with Gasteiger partial charge in [-0.3, -0.25) is 19.2 Å². The van der Waals surface area contributed by atoms with E-state index in [0.29, 0.717) is 58.0 Å². The zero-order valence-corrected chi connectivity index (χ0v) is 20.1. The Morgan fingerprint density at radius 1 is 0.886 bits per heavy atom. The highest BCUT2D eigenvalue weighted by Crippen LogP contribution is 2.20. The molecule has 0 aromatic rings. The molecular formula is C22H40N6O7. The van der Waals surface area contributed by atoms with Gasteiger partial charge in [0.15, 0.2) is 0 Å². The summed E-state index contributed by atoms with van der Waals surface area (Å²) in [6.45, 7) is 1.09. The molecule has 0 spiro atoms. The first-order valence-corrected chi connectivity index (χ1v) is 12.1. The molecule has 0 aromatic carbocycles. The highest BCUT2D eigenvalue weighted by atomic mass is 16.4. The molecule has 0 aliphatic carbocycles. The number of carbonyl (C=O) groups excluding carboxylic acids is 3. The third kappa shape index (κ3) is 10.6. The summed E-state index contributed by atoms with van der Waals surface area (Å²) in [5.41, 5.74) is 16.8. The largest absolute Gasteiger partial charge is 0.481 e. The smallest absolute Gasteiger partial charge is 0.326 e. The Bertz CT molecular complexity index is 735. The minimum absolute atomic E-state index is 0.170. The van der Waals surface area contributed by atoms with Crippen molar-refractivity contribution in [2.75, 3.05) is 19.6 Å². The third-order valence-electron chi connectivity index (χ3n) is 5.97. The lowest BCUT2D eigenvalue weighted by Gasteiger charge is -2.30. The van der Waals surface area contributed by atoms with E-state index in [1.165, 1.54) is 4.90 Å². The summed E-state index contributed by atoms with van der Waals surface area (Å²) < 4.78 is 0. The van der Waals surface area contributed by atoms with Gasteiger partial charge in [-0.2, -0.15) is 0 Å². The summed E-state index contributed by atoms with van der Waals surface area (Å²) in [5, 5.41) is 23.5. The first-order chi connectivity index (χ1) is 16.6. The number of nitrogens with two attached hydrogens (primary N) is 3. The minimum Gasteiger partial charge on any atom is -0.481 e. The Balaban J connectivity index is 2.89. The molecule has 1 rings (SSSR count).